The average molecular weight is 419 g/mol. The molecule has 2 aromatic carbocycles. The van der Waals surface area contributed by atoms with E-state index in [2.05, 4.69) is 34.3 Å². The fraction of sp³-hybridized carbons (Fsp3) is 0.360. The lowest BCUT2D eigenvalue weighted by molar-refractivity contribution is 0.0267. The van der Waals surface area contributed by atoms with Crippen molar-refractivity contribution in [1.82, 2.24) is 14.7 Å². The molecule has 6 heteroatoms. The molecule has 1 amide bonds. The van der Waals surface area contributed by atoms with Crippen LogP contribution in [0.5, 0.6) is 0 Å². The predicted molar refractivity (Wildman–Crippen MR) is 118 cm³/mol. The summed E-state index contributed by atoms with van der Waals surface area (Å²) in [5.41, 5.74) is 2.78. The van der Waals surface area contributed by atoms with Crippen LogP contribution in [-0.4, -0.2) is 40.2 Å². The number of hydrogen-bond donors (Lipinski definition) is 0. The Balaban J connectivity index is 1.36. The van der Waals surface area contributed by atoms with Crippen molar-refractivity contribution in [2.24, 2.45) is 5.41 Å². The molecule has 2 aliphatic rings. The van der Waals surface area contributed by atoms with E-state index in [4.69, 9.17) is 0 Å². The van der Waals surface area contributed by atoms with Crippen molar-refractivity contribution < 1.29 is 9.18 Å². The van der Waals surface area contributed by atoms with Crippen LogP contribution < -0.4 is 4.90 Å². The van der Waals surface area contributed by atoms with E-state index in [1.165, 1.54) is 11.6 Å². The van der Waals surface area contributed by atoms with Gasteiger partial charge in [0.25, 0.3) is 5.91 Å². The number of likely N-dealkylation sites (tertiary alicyclic amines) is 1. The molecule has 1 spiro atoms. The Hall–Kier alpha value is -3.15. The number of carbonyl (C=O) groups excluding carboxylic acids is 1. The molecular weight excluding hydrogens is 391 g/mol. The third-order valence-electron chi connectivity index (χ3n) is 6.86. The zero-order valence-corrected chi connectivity index (χ0v) is 17.7. The Bertz CT molecular complexity index is 1070. The molecule has 0 radical (unpaired) electrons. The van der Waals surface area contributed by atoms with Crippen LogP contribution in [0.3, 0.4) is 0 Å². The van der Waals surface area contributed by atoms with Gasteiger partial charge in [-0.1, -0.05) is 36.4 Å². The number of nitrogens with zero attached hydrogens (tertiary/aromatic N) is 4. The molecule has 0 saturated carbocycles. The van der Waals surface area contributed by atoms with Crippen molar-refractivity contribution in [2.45, 2.75) is 32.4 Å². The van der Waals surface area contributed by atoms with Gasteiger partial charge in [0.1, 0.15) is 11.5 Å². The molecule has 2 saturated heterocycles. The number of piperidine rings is 1. The smallest absolute Gasteiger partial charge is 0.274 e. The van der Waals surface area contributed by atoms with Gasteiger partial charge in [0, 0.05) is 43.5 Å². The first kappa shape index (κ1) is 19.8. The SMILES string of the molecule is CCn1ccc(C(=O)N2CCC3(CC2)CN(c2cccc(F)c2)C3c2ccccc2)n1. The number of rotatable bonds is 4. The van der Waals surface area contributed by atoms with Crippen molar-refractivity contribution >= 4 is 11.6 Å². The summed E-state index contributed by atoms with van der Waals surface area (Å²) in [7, 11) is 0. The number of amides is 1. The van der Waals surface area contributed by atoms with Crippen LogP contribution in [0.25, 0.3) is 0 Å². The van der Waals surface area contributed by atoms with E-state index < -0.39 is 0 Å². The average Bonchev–Trinajstić information content (AvgIpc) is 3.27. The zero-order chi connectivity index (χ0) is 21.4. The second-order valence-corrected chi connectivity index (χ2v) is 8.63. The molecule has 3 heterocycles. The highest BCUT2D eigenvalue weighted by molar-refractivity contribution is 5.92. The monoisotopic (exact) mass is 418 g/mol. The first-order valence-electron chi connectivity index (χ1n) is 11.0. The maximum atomic E-state index is 13.9. The Morgan fingerprint density at radius 3 is 2.55 bits per heavy atom. The first-order valence-corrected chi connectivity index (χ1v) is 11.0. The number of benzene rings is 2. The largest absolute Gasteiger partial charge is 0.363 e. The van der Waals surface area contributed by atoms with E-state index in [1.54, 1.807) is 22.9 Å². The zero-order valence-electron chi connectivity index (χ0n) is 17.7. The molecule has 0 bridgehead atoms. The molecule has 0 N–H and O–H groups in total. The van der Waals surface area contributed by atoms with Crippen molar-refractivity contribution in [3.63, 3.8) is 0 Å². The molecule has 160 valence electrons. The normalized spacial score (nSPS) is 20.0. The summed E-state index contributed by atoms with van der Waals surface area (Å²) in [6, 6.07) is 19.3. The van der Waals surface area contributed by atoms with Gasteiger partial charge in [-0.25, -0.2) is 4.39 Å². The van der Waals surface area contributed by atoms with Gasteiger partial charge in [0.2, 0.25) is 0 Å². The van der Waals surface area contributed by atoms with E-state index in [0.29, 0.717) is 5.69 Å². The highest BCUT2D eigenvalue weighted by atomic mass is 19.1. The summed E-state index contributed by atoms with van der Waals surface area (Å²) in [5.74, 6) is -0.197. The van der Waals surface area contributed by atoms with Crippen LogP contribution in [0.1, 0.15) is 41.9 Å². The lowest BCUT2D eigenvalue weighted by Crippen LogP contribution is -2.62. The van der Waals surface area contributed by atoms with Crippen LogP contribution in [-0.2, 0) is 6.54 Å². The number of aromatic nitrogens is 2. The van der Waals surface area contributed by atoms with Gasteiger partial charge in [0.15, 0.2) is 0 Å². The number of carbonyl (C=O) groups is 1. The van der Waals surface area contributed by atoms with Crippen molar-refractivity contribution in [1.29, 1.82) is 0 Å². The van der Waals surface area contributed by atoms with Crippen LogP contribution >= 0.6 is 0 Å². The number of aryl methyl sites for hydroxylation is 1. The summed E-state index contributed by atoms with van der Waals surface area (Å²) in [4.78, 5) is 17.2. The van der Waals surface area contributed by atoms with E-state index in [1.807, 2.05) is 30.2 Å². The molecule has 3 aromatic rings. The minimum atomic E-state index is -0.211. The fourth-order valence-corrected chi connectivity index (χ4v) is 5.20. The van der Waals surface area contributed by atoms with Gasteiger partial charge in [-0.3, -0.25) is 9.48 Å². The second-order valence-electron chi connectivity index (χ2n) is 8.63. The third kappa shape index (κ3) is 3.50. The van der Waals surface area contributed by atoms with Crippen molar-refractivity contribution in [2.75, 3.05) is 24.5 Å². The van der Waals surface area contributed by atoms with Gasteiger partial charge >= 0.3 is 0 Å². The highest BCUT2D eigenvalue weighted by Gasteiger charge is 2.54. The van der Waals surface area contributed by atoms with Gasteiger partial charge in [-0.05, 0) is 49.6 Å². The molecule has 0 aliphatic carbocycles. The van der Waals surface area contributed by atoms with Crippen molar-refractivity contribution in [3.05, 3.63) is 83.9 Å². The Morgan fingerprint density at radius 2 is 1.87 bits per heavy atom. The lowest BCUT2D eigenvalue weighted by atomic mass is 9.63. The highest BCUT2D eigenvalue weighted by Crippen LogP contribution is 2.56. The van der Waals surface area contributed by atoms with E-state index in [-0.39, 0.29) is 23.2 Å². The maximum Gasteiger partial charge on any atom is 0.274 e. The lowest BCUT2D eigenvalue weighted by Gasteiger charge is -2.61. The van der Waals surface area contributed by atoms with Crippen molar-refractivity contribution in [3.8, 4) is 0 Å². The minimum Gasteiger partial charge on any atom is -0.363 e. The Morgan fingerprint density at radius 1 is 1.10 bits per heavy atom. The third-order valence-corrected chi connectivity index (χ3v) is 6.86. The number of anilines is 1. The molecular formula is C25H27FN4O. The maximum absolute atomic E-state index is 13.9. The minimum absolute atomic E-state index is 0.0135. The number of halogens is 1. The second kappa shape index (κ2) is 7.84. The predicted octanol–water partition coefficient (Wildman–Crippen LogP) is 4.53. The molecule has 1 atom stereocenters. The molecule has 1 aromatic heterocycles. The van der Waals surface area contributed by atoms with Gasteiger partial charge < -0.3 is 9.80 Å². The van der Waals surface area contributed by atoms with Crippen LogP contribution in [0.15, 0.2) is 66.9 Å². The topological polar surface area (TPSA) is 41.4 Å². The van der Waals surface area contributed by atoms with E-state index in [0.717, 1.165) is 44.7 Å². The summed E-state index contributed by atoms with van der Waals surface area (Å²) in [5, 5.41) is 4.38. The van der Waals surface area contributed by atoms with Crippen LogP contribution in [0, 0.1) is 11.2 Å². The quantitative estimate of drug-likeness (QED) is 0.625. The molecule has 31 heavy (non-hydrogen) atoms. The summed E-state index contributed by atoms with van der Waals surface area (Å²) in [6.45, 7) is 5.08. The molecule has 1 unspecified atom stereocenters. The van der Waals surface area contributed by atoms with Crippen LogP contribution in [0.4, 0.5) is 10.1 Å². The summed E-state index contributed by atoms with van der Waals surface area (Å²) >= 11 is 0. The molecule has 2 fully saturated rings. The fourth-order valence-electron chi connectivity index (χ4n) is 5.20. The molecule has 5 nitrogen and oxygen atoms in total. The summed E-state index contributed by atoms with van der Waals surface area (Å²) < 4.78 is 15.7. The van der Waals surface area contributed by atoms with Crippen LogP contribution in [0.2, 0.25) is 0 Å². The van der Waals surface area contributed by atoms with Gasteiger partial charge in [-0.15, -0.1) is 0 Å². The van der Waals surface area contributed by atoms with Gasteiger partial charge in [0.05, 0.1) is 6.04 Å². The van der Waals surface area contributed by atoms with E-state index >= 15 is 0 Å². The standard InChI is InChI=1S/C25H27FN4O/c1-2-29-14-11-22(27-29)24(31)28-15-12-25(13-16-28)18-30(21-10-6-9-20(26)17-21)23(25)19-7-4-3-5-8-19/h3-11,14,17,23H,2,12-13,15-16,18H2,1H3. The Labute approximate surface area is 182 Å². The number of hydrogen-bond acceptors (Lipinski definition) is 3. The Kier molecular flexibility index (Phi) is 5.00. The van der Waals surface area contributed by atoms with E-state index in [9.17, 15) is 9.18 Å². The molecule has 2 aliphatic heterocycles. The van der Waals surface area contributed by atoms with Gasteiger partial charge in [-0.2, -0.15) is 5.10 Å². The molecule has 5 rings (SSSR count). The first-order chi connectivity index (χ1) is 15.1. The summed E-state index contributed by atoms with van der Waals surface area (Å²) in [6.07, 6.45) is 3.71.